The minimum Gasteiger partial charge on any atom is -0.381 e. The molecule has 9 nitrogen and oxygen atoms in total. The third-order valence-electron chi connectivity index (χ3n) is 8.56. The number of rotatable bonds is 4. The molecule has 1 N–H and O–H groups in total. The highest BCUT2D eigenvalue weighted by Gasteiger charge is 2.39. The van der Waals surface area contributed by atoms with Gasteiger partial charge in [0.15, 0.2) is 11.5 Å². The lowest BCUT2D eigenvalue weighted by Crippen LogP contribution is -2.50. The number of methoxy groups -OCH3 is 1. The number of ether oxygens (including phenoxy) is 1. The topological polar surface area (TPSA) is 88.0 Å². The zero-order chi connectivity index (χ0) is 29.3. The van der Waals surface area contributed by atoms with E-state index >= 15 is 0 Å². The van der Waals surface area contributed by atoms with E-state index in [1.54, 1.807) is 14.2 Å². The zero-order valence-electron chi connectivity index (χ0n) is 24.2. The van der Waals surface area contributed by atoms with E-state index in [4.69, 9.17) is 14.7 Å². The van der Waals surface area contributed by atoms with Crippen LogP contribution >= 0.6 is 0 Å². The monoisotopic (exact) mass is 568 g/mol. The minimum absolute atomic E-state index is 0.118. The Labute approximate surface area is 236 Å². The van der Waals surface area contributed by atoms with Crippen molar-refractivity contribution in [3.63, 3.8) is 0 Å². The van der Waals surface area contributed by atoms with Gasteiger partial charge in [-0.3, -0.25) is 9.78 Å². The first kappa shape index (κ1) is 27.5. The van der Waals surface area contributed by atoms with Crippen molar-refractivity contribution in [2.24, 2.45) is 12.5 Å². The van der Waals surface area contributed by atoms with Crippen molar-refractivity contribution in [2.75, 3.05) is 36.5 Å². The molecule has 0 aliphatic carbocycles. The molecule has 1 atom stereocenters. The predicted molar refractivity (Wildman–Crippen MR) is 151 cm³/mol. The number of H-pyrrole nitrogens is 1. The third kappa shape index (κ3) is 4.71. The summed E-state index contributed by atoms with van der Waals surface area (Å²) in [4.78, 5) is 14.6. The number of benzene rings is 1. The van der Waals surface area contributed by atoms with Gasteiger partial charge in [0, 0.05) is 80.4 Å². The van der Waals surface area contributed by atoms with Gasteiger partial charge in [0.1, 0.15) is 11.6 Å². The van der Waals surface area contributed by atoms with E-state index in [2.05, 4.69) is 41.0 Å². The standard InChI is InChI=1S/C29H35F3N8O/c1-16-7-8-20-25(17(2)35-36-20)24(16)26-33-19-9-11-39(23-13-21(29(30,31)32)37-38(23)5)14-18(19)27(34-26)40-12-10-22(41-6)28(3,4)15-40/h7-8,13,22H,9-12,14-15H2,1-6H3,(H,35,36). The normalized spacial score (nSPS) is 19.2. The first-order valence-electron chi connectivity index (χ1n) is 13.9. The van der Waals surface area contributed by atoms with Crippen LogP contribution in [-0.4, -0.2) is 62.8 Å². The molecule has 1 saturated heterocycles. The van der Waals surface area contributed by atoms with E-state index in [-0.39, 0.29) is 11.5 Å². The number of fused-ring (bicyclic) bond motifs is 2. The average Bonchev–Trinajstić information content (AvgIpc) is 3.50. The molecule has 6 rings (SSSR count). The van der Waals surface area contributed by atoms with Gasteiger partial charge in [-0.1, -0.05) is 19.9 Å². The summed E-state index contributed by atoms with van der Waals surface area (Å²) in [5.41, 5.74) is 4.65. The van der Waals surface area contributed by atoms with E-state index < -0.39 is 11.9 Å². The van der Waals surface area contributed by atoms with Gasteiger partial charge in [0.25, 0.3) is 0 Å². The second kappa shape index (κ2) is 9.71. The molecule has 2 aliphatic rings. The summed E-state index contributed by atoms with van der Waals surface area (Å²) in [5.74, 6) is 1.89. The van der Waals surface area contributed by atoms with E-state index in [0.717, 1.165) is 70.4 Å². The summed E-state index contributed by atoms with van der Waals surface area (Å²) >= 11 is 0. The first-order chi connectivity index (χ1) is 19.4. The summed E-state index contributed by atoms with van der Waals surface area (Å²) in [5, 5.41) is 12.3. The second-order valence-corrected chi connectivity index (χ2v) is 11.9. The van der Waals surface area contributed by atoms with Crippen molar-refractivity contribution < 1.29 is 17.9 Å². The van der Waals surface area contributed by atoms with E-state index in [9.17, 15) is 13.2 Å². The molecule has 218 valence electrons. The van der Waals surface area contributed by atoms with Gasteiger partial charge in [0.2, 0.25) is 0 Å². The maximum absolute atomic E-state index is 13.4. The number of aromatic nitrogens is 6. The van der Waals surface area contributed by atoms with Crippen molar-refractivity contribution in [3.05, 3.63) is 46.4 Å². The van der Waals surface area contributed by atoms with Crippen LogP contribution in [0.2, 0.25) is 0 Å². The van der Waals surface area contributed by atoms with Crippen molar-refractivity contribution in [1.82, 2.24) is 29.9 Å². The molecule has 1 unspecified atom stereocenters. The van der Waals surface area contributed by atoms with Gasteiger partial charge in [-0.05, 0) is 31.9 Å². The largest absolute Gasteiger partial charge is 0.435 e. The number of nitrogens with one attached hydrogen (secondary N) is 1. The number of halogens is 3. The minimum atomic E-state index is -4.51. The van der Waals surface area contributed by atoms with Gasteiger partial charge in [0.05, 0.1) is 17.3 Å². The quantitative estimate of drug-likeness (QED) is 0.362. The molecule has 0 radical (unpaired) electrons. The number of hydrogen-bond acceptors (Lipinski definition) is 7. The molecule has 4 aromatic rings. The summed E-state index contributed by atoms with van der Waals surface area (Å²) < 4.78 is 47.4. The van der Waals surface area contributed by atoms with Crippen LogP contribution in [-0.2, 0) is 30.9 Å². The number of aromatic amines is 1. The molecule has 2 aliphatic heterocycles. The smallest absolute Gasteiger partial charge is 0.381 e. The van der Waals surface area contributed by atoms with Crippen molar-refractivity contribution in [2.45, 2.75) is 59.4 Å². The summed E-state index contributed by atoms with van der Waals surface area (Å²) in [7, 11) is 3.31. The molecule has 0 spiro atoms. The molecule has 5 heterocycles. The van der Waals surface area contributed by atoms with Crippen LogP contribution in [0.1, 0.15) is 48.5 Å². The fraction of sp³-hybridized carbons (Fsp3) is 0.517. The van der Waals surface area contributed by atoms with E-state index in [1.165, 1.54) is 4.68 Å². The first-order valence-corrected chi connectivity index (χ1v) is 13.9. The Bertz CT molecular complexity index is 1620. The number of aryl methyl sites for hydroxylation is 3. The fourth-order valence-corrected chi connectivity index (χ4v) is 6.47. The lowest BCUT2D eigenvalue weighted by atomic mass is 9.81. The number of hydrogen-bond donors (Lipinski definition) is 1. The molecule has 0 bridgehead atoms. The lowest BCUT2D eigenvalue weighted by molar-refractivity contribution is -0.141. The highest BCUT2D eigenvalue weighted by atomic mass is 19.4. The molecule has 12 heteroatoms. The van der Waals surface area contributed by atoms with Gasteiger partial charge in [-0.2, -0.15) is 23.4 Å². The van der Waals surface area contributed by atoms with Crippen LogP contribution in [0.15, 0.2) is 18.2 Å². The van der Waals surface area contributed by atoms with Crippen molar-refractivity contribution >= 4 is 22.5 Å². The fourth-order valence-electron chi connectivity index (χ4n) is 6.47. The van der Waals surface area contributed by atoms with Gasteiger partial charge < -0.3 is 14.5 Å². The molecule has 0 saturated carbocycles. The Hall–Kier alpha value is -3.67. The Morgan fingerprint density at radius 3 is 2.56 bits per heavy atom. The molecule has 41 heavy (non-hydrogen) atoms. The highest BCUT2D eigenvalue weighted by molar-refractivity contribution is 5.96. The zero-order valence-corrected chi connectivity index (χ0v) is 24.2. The number of piperidine rings is 1. The Balaban J connectivity index is 1.48. The molecule has 1 aromatic carbocycles. The molecule has 3 aromatic heterocycles. The van der Waals surface area contributed by atoms with Gasteiger partial charge in [-0.15, -0.1) is 0 Å². The molecule has 0 amide bonds. The molecular formula is C29H35F3N8O. The van der Waals surface area contributed by atoms with Crippen LogP contribution in [0.4, 0.5) is 24.8 Å². The van der Waals surface area contributed by atoms with Gasteiger partial charge >= 0.3 is 6.18 Å². The highest BCUT2D eigenvalue weighted by Crippen LogP contribution is 2.40. The van der Waals surface area contributed by atoms with Gasteiger partial charge in [-0.25, -0.2) is 9.97 Å². The Morgan fingerprint density at radius 2 is 1.88 bits per heavy atom. The maximum Gasteiger partial charge on any atom is 0.435 e. The van der Waals surface area contributed by atoms with Crippen LogP contribution in [0.5, 0.6) is 0 Å². The number of nitrogens with zero attached hydrogens (tertiary/aromatic N) is 7. The summed E-state index contributed by atoms with van der Waals surface area (Å²) in [6, 6.07) is 5.16. The van der Waals surface area contributed by atoms with Crippen LogP contribution in [0, 0.1) is 19.3 Å². The number of alkyl halides is 3. The van der Waals surface area contributed by atoms with Crippen LogP contribution < -0.4 is 9.80 Å². The molecular weight excluding hydrogens is 533 g/mol. The average molecular weight is 569 g/mol. The SMILES string of the molecule is COC1CCN(c2nc(-c3c(C)ccc4n[nH]c(C)c34)nc3c2CN(c2cc(C(F)(F)F)nn2C)CC3)CC1(C)C. The Morgan fingerprint density at radius 1 is 1.10 bits per heavy atom. The molecule has 1 fully saturated rings. The van der Waals surface area contributed by atoms with Crippen LogP contribution in [0.25, 0.3) is 22.3 Å². The number of anilines is 2. The van der Waals surface area contributed by atoms with E-state index in [1.807, 2.05) is 24.0 Å². The lowest BCUT2D eigenvalue weighted by Gasteiger charge is -2.45. The summed E-state index contributed by atoms with van der Waals surface area (Å²) in [6.45, 7) is 10.8. The van der Waals surface area contributed by atoms with Crippen molar-refractivity contribution in [3.8, 4) is 11.4 Å². The van der Waals surface area contributed by atoms with E-state index in [0.29, 0.717) is 31.2 Å². The van der Waals surface area contributed by atoms with Crippen LogP contribution in [0.3, 0.4) is 0 Å². The second-order valence-electron chi connectivity index (χ2n) is 11.9. The third-order valence-corrected chi connectivity index (χ3v) is 8.56. The summed E-state index contributed by atoms with van der Waals surface area (Å²) in [6.07, 6.45) is -2.98. The van der Waals surface area contributed by atoms with Crippen molar-refractivity contribution in [1.29, 1.82) is 0 Å². The predicted octanol–water partition coefficient (Wildman–Crippen LogP) is 5.20. The Kier molecular flexibility index (Phi) is 6.51. The maximum atomic E-state index is 13.4.